The average molecular weight is 779 g/mol. The number of allylic oxidation sites excluding steroid dienone is 3. The van der Waals surface area contributed by atoms with Gasteiger partial charge in [0.25, 0.3) is 0 Å². The van der Waals surface area contributed by atoms with Gasteiger partial charge in [-0.25, -0.2) is 9.59 Å². The Kier molecular flexibility index (Phi) is 13.5. The first kappa shape index (κ1) is 41.7. The number of alkyl carbamates (subject to hydrolysis) is 1. The topological polar surface area (TPSA) is 131 Å². The summed E-state index contributed by atoms with van der Waals surface area (Å²) >= 11 is 0. The van der Waals surface area contributed by atoms with Gasteiger partial charge in [0.2, 0.25) is 0 Å². The molecular weight excluding hydrogens is 728 g/mol. The van der Waals surface area contributed by atoms with Crippen LogP contribution < -0.4 is 33.7 Å². The van der Waals surface area contributed by atoms with E-state index in [0.29, 0.717) is 51.8 Å². The Labute approximate surface area is 333 Å². The summed E-state index contributed by atoms with van der Waals surface area (Å²) in [5.74, 6) is 1.81. The minimum atomic E-state index is -1.09. The lowest BCUT2D eigenvalue weighted by Gasteiger charge is -2.34. The van der Waals surface area contributed by atoms with Crippen molar-refractivity contribution in [2.24, 2.45) is 0 Å². The van der Waals surface area contributed by atoms with Crippen molar-refractivity contribution < 1.29 is 47.5 Å². The SMILES string of the molecule is COc1ccc(OC)c(C(=C\C=O)/C(=C2/c3cc(OC)c(OC)cc3CCN2C)c2ccc(OC(=O)C(Cc3ccccc3)NC(=O)OC(C)(C)C)c(OC)c2)c1. The number of likely N-dealkylation sites (N-methyl/N-ethyl adjacent to an activating group) is 1. The maximum atomic E-state index is 13.9. The van der Waals surface area contributed by atoms with Gasteiger partial charge < -0.3 is 43.4 Å². The van der Waals surface area contributed by atoms with Crippen molar-refractivity contribution in [3.63, 3.8) is 0 Å². The van der Waals surface area contributed by atoms with Crippen LogP contribution >= 0.6 is 0 Å². The lowest BCUT2D eigenvalue weighted by molar-refractivity contribution is -0.136. The Balaban J connectivity index is 1.69. The molecule has 1 unspecified atom stereocenters. The number of methoxy groups -OCH3 is 5. The quantitative estimate of drug-likeness (QED) is 0.0595. The van der Waals surface area contributed by atoms with Crippen LogP contribution in [-0.2, 0) is 27.2 Å². The van der Waals surface area contributed by atoms with E-state index in [4.69, 9.17) is 33.2 Å². The van der Waals surface area contributed by atoms with E-state index < -0.39 is 23.7 Å². The highest BCUT2D eigenvalue weighted by Crippen LogP contribution is 2.47. The number of nitrogens with one attached hydrogen (secondary N) is 1. The van der Waals surface area contributed by atoms with Crippen LogP contribution in [-0.4, -0.2) is 84.0 Å². The molecule has 12 heteroatoms. The molecule has 1 aliphatic heterocycles. The monoisotopic (exact) mass is 778 g/mol. The maximum absolute atomic E-state index is 13.9. The summed E-state index contributed by atoms with van der Waals surface area (Å²) in [4.78, 5) is 41.5. The molecule has 0 spiro atoms. The smallest absolute Gasteiger partial charge is 0.408 e. The Morgan fingerprint density at radius 1 is 0.789 bits per heavy atom. The number of benzene rings is 4. The number of amides is 1. The molecular formula is C45H50N2O10. The second kappa shape index (κ2) is 18.5. The summed E-state index contributed by atoms with van der Waals surface area (Å²) < 4.78 is 40.2. The van der Waals surface area contributed by atoms with E-state index in [1.807, 2.05) is 55.6 Å². The molecule has 0 saturated heterocycles. The molecule has 0 aromatic heterocycles. The second-order valence-corrected chi connectivity index (χ2v) is 14.2. The highest BCUT2D eigenvalue weighted by molar-refractivity contribution is 6.18. The molecule has 1 atom stereocenters. The van der Waals surface area contributed by atoms with Gasteiger partial charge >= 0.3 is 12.1 Å². The van der Waals surface area contributed by atoms with E-state index in [9.17, 15) is 14.4 Å². The number of hydrogen-bond donors (Lipinski definition) is 1. The normalized spacial score (nSPS) is 14.1. The minimum absolute atomic E-state index is 0.114. The Hall–Kier alpha value is -6.43. The van der Waals surface area contributed by atoms with Gasteiger partial charge in [0.1, 0.15) is 29.4 Å². The van der Waals surface area contributed by atoms with Crippen LogP contribution in [0.2, 0.25) is 0 Å². The summed E-state index contributed by atoms with van der Waals surface area (Å²) in [6.45, 7) is 5.86. The van der Waals surface area contributed by atoms with Gasteiger partial charge in [0, 0.05) is 36.7 Å². The number of carbonyl (C=O) groups is 3. The molecule has 1 aliphatic rings. The first-order chi connectivity index (χ1) is 27.3. The number of hydrogen-bond acceptors (Lipinski definition) is 11. The first-order valence-corrected chi connectivity index (χ1v) is 18.4. The molecule has 0 radical (unpaired) electrons. The summed E-state index contributed by atoms with van der Waals surface area (Å²) in [6.07, 6.45) is 2.33. The fourth-order valence-electron chi connectivity index (χ4n) is 6.68. The molecule has 300 valence electrons. The minimum Gasteiger partial charge on any atom is -0.497 e. The largest absolute Gasteiger partial charge is 0.497 e. The Morgan fingerprint density at radius 3 is 2.07 bits per heavy atom. The lowest BCUT2D eigenvalue weighted by Crippen LogP contribution is -2.46. The van der Waals surface area contributed by atoms with Crippen LogP contribution in [0.5, 0.6) is 34.5 Å². The van der Waals surface area contributed by atoms with E-state index in [1.165, 1.54) is 13.2 Å². The predicted molar refractivity (Wildman–Crippen MR) is 218 cm³/mol. The van der Waals surface area contributed by atoms with Gasteiger partial charge in [-0.3, -0.25) is 4.79 Å². The van der Waals surface area contributed by atoms with E-state index in [1.54, 1.807) is 79.5 Å². The van der Waals surface area contributed by atoms with Gasteiger partial charge in [-0.2, -0.15) is 0 Å². The molecule has 0 saturated carbocycles. The molecule has 0 fully saturated rings. The number of aldehydes is 1. The second-order valence-electron chi connectivity index (χ2n) is 14.2. The van der Waals surface area contributed by atoms with Crippen LogP contribution in [0.3, 0.4) is 0 Å². The van der Waals surface area contributed by atoms with Crippen molar-refractivity contribution in [3.8, 4) is 34.5 Å². The van der Waals surface area contributed by atoms with Crippen LogP contribution in [0.25, 0.3) is 16.8 Å². The fourth-order valence-corrected chi connectivity index (χ4v) is 6.68. The maximum Gasteiger partial charge on any atom is 0.408 e. The van der Waals surface area contributed by atoms with Crippen LogP contribution in [0, 0.1) is 0 Å². The van der Waals surface area contributed by atoms with Crippen molar-refractivity contribution in [1.29, 1.82) is 0 Å². The van der Waals surface area contributed by atoms with Gasteiger partial charge in [-0.05, 0) is 98.0 Å². The Morgan fingerprint density at radius 2 is 1.44 bits per heavy atom. The average Bonchev–Trinajstić information content (AvgIpc) is 3.20. The standard InChI is InChI=1S/C45H50N2O10/c1-45(2,3)57-44(50)46-35(23-28-13-11-10-12-14-28)43(49)56-37-17-15-30(25-38(37)53-7)41(32(20-22-48)34-26-31(51-5)16-18-36(34)52-6)42-33-27-40(55-9)39(54-8)24-29(33)19-21-47(42)4/h10-18,20,22,24-27,35H,19,21,23H2,1-9H3,(H,46,50)/b32-20+,42-41-. The van der Waals surface area contributed by atoms with E-state index in [-0.39, 0.29) is 17.9 Å². The van der Waals surface area contributed by atoms with Crippen LogP contribution in [0.1, 0.15) is 48.6 Å². The van der Waals surface area contributed by atoms with Gasteiger partial charge in [0.15, 0.2) is 23.0 Å². The third-order valence-corrected chi connectivity index (χ3v) is 9.32. The Bertz CT molecular complexity index is 2150. The summed E-state index contributed by atoms with van der Waals surface area (Å²) in [5.41, 5.74) is 5.08. The summed E-state index contributed by atoms with van der Waals surface area (Å²) in [6, 6.07) is 22.6. The van der Waals surface area contributed by atoms with Gasteiger partial charge in [0.05, 0.1) is 41.2 Å². The number of nitrogens with zero attached hydrogens (tertiary/aromatic N) is 1. The number of rotatable bonds is 14. The molecule has 0 bridgehead atoms. The van der Waals surface area contributed by atoms with Crippen LogP contribution in [0.4, 0.5) is 4.79 Å². The van der Waals surface area contributed by atoms with E-state index in [0.717, 1.165) is 35.1 Å². The van der Waals surface area contributed by atoms with Crippen molar-refractivity contribution in [2.45, 2.75) is 45.3 Å². The molecule has 1 amide bonds. The number of fused-ring (bicyclic) bond motifs is 1. The molecule has 1 heterocycles. The molecule has 5 rings (SSSR count). The van der Waals surface area contributed by atoms with Crippen molar-refractivity contribution >= 4 is 35.2 Å². The molecule has 4 aromatic rings. The first-order valence-electron chi connectivity index (χ1n) is 18.4. The zero-order chi connectivity index (χ0) is 41.3. The molecule has 4 aromatic carbocycles. The van der Waals surface area contributed by atoms with Gasteiger partial charge in [-0.1, -0.05) is 36.4 Å². The summed E-state index contributed by atoms with van der Waals surface area (Å²) in [5, 5.41) is 2.68. The highest BCUT2D eigenvalue weighted by atomic mass is 16.6. The van der Waals surface area contributed by atoms with Crippen molar-refractivity contribution in [1.82, 2.24) is 10.2 Å². The van der Waals surface area contributed by atoms with E-state index >= 15 is 0 Å². The van der Waals surface area contributed by atoms with Gasteiger partial charge in [-0.15, -0.1) is 0 Å². The number of esters is 1. The molecule has 0 aliphatic carbocycles. The molecule has 12 nitrogen and oxygen atoms in total. The number of carbonyl (C=O) groups excluding carboxylic acids is 3. The van der Waals surface area contributed by atoms with Crippen molar-refractivity contribution in [2.75, 3.05) is 49.1 Å². The predicted octanol–water partition coefficient (Wildman–Crippen LogP) is 7.41. The highest BCUT2D eigenvalue weighted by Gasteiger charge is 2.31. The molecule has 1 N–H and O–H groups in total. The van der Waals surface area contributed by atoms with Crippen molar-refractivity contribution in [3.05, 3.63) is 113 Å². The third-order valence-electron chi connectivity index (χ3n) is 9.32. The lowest BCUT2D eigenvalue weighted by atomic mass is 9.84. The molecule has 57 heavy (non-hydrogen) atoms. The fraction of sp³-hybridized carbons (Fsp3) is 0.311. The zero-order valence-electron chi connectivity index (χ0n) is 33.9. The zero-order valence-corrected chi connectivity index (χ0v) is 33.9. The number of ether oxygens (including phenoxy) is 7. The summed E-state index contributed by atoms with van der Waals surface area (Å²) in [7, 11) is 9.75. The third kappa shape index (κ3) is 9.88. The van der Waals surface area contributed by atoms with Crippen LogP contribution in [0.15, 0.2) is 84.9 Å². The van der Waals surface area contributed by atoms with E-state index in [2.05, 4.69) is 10.2 Å².